The van der Waals surface area contributed by atoms with E-state index in [0.29, 0.717) is 13.0 Å². The van der Waals surface area contributed by atoms with Gasteiger partial charge in [0.2, 0.25) is 5.91 Å². The monoisotopic (exact) mass is 262 g/mol. The molecule has 2 rings (SSSR count). The van der Waals surface area contributed by atoms with Gasteiger partial charge in [0.1, 0.15) is 0 Å². The van der Waals surface area contributed by atoms with Crippen LogP contribution in [0.2, 0.25) is 0 Å². The van der Waals surface area contributed by atoms with Gasteiger partial charge in [-0.05, 0) is 24.8 Å². The van der Waals surface area contributed by atoms with E-state index in [1.54, 1.807) is 0 Å². The van der Waals surface area contributed by atoms with Crippen molar-refractivity contribution in [3.05, 3.63) is 35.9 Å². The molecule has 1 fully saturated rings. The summed E-state index contributed by atoms with van der Waals surface area (Å²) in [5, 5.41) is 15.5. The second-order valence-electron chi connectivity index (χ2n) is 5.15. The third kappa shape index (κ3) is 4.04. The molecule has 104 valence electrons. The third-order valence-electron chi connectivity index (χ3n) is 3.59. The molecule has 1 heterocycles. The maximum Gasteiger partial charge on any atom is 0.237 e. The molecule has 1 amide bonds. The lowest BCUT2D eigenvalue weighted by Crippen LogP contribution is -2.45. The van der Waals surface area contributed by atoms with Crippen molar-refractivity contribution in [1.29, 1.82) is 0 Å². The van der Waals surface area contributed by atoms with Gasteiger partial charge in [0.25, 0.3) is 0 Å². The highest BCUT2D eigenvalue weighted by atomic mass is 16.3. The van der Waals surface area contributed by atoms with Gasteiger partial charge >= 0.3 is 0 Å². The average molecular weight is 262 g/mol. The van der Waals surface area contributed by atoms with Crippen molar-refractivity contribution in [3.8, 4) is 0 Å². The molecule has 0 radical (unpaired) electrons. The number of aliphatic hydroxyl groups is 1. The molecule has 1 aromatic rings. The van der Waals surface area contributed by atoms with Crippen LogP contribution >= 0.6 is 0 Å². The van der Waals surface area contributed by atoms with E-state index in [4.69, 9.17) is 0 Å². The van der Waals surface area contributed by atoms with Crippen molar-refractivity contribution in [2.45, 2.75) is 44.4 Å². The minimum atomic E-state index is -0.398. The highest BCUT2D eigenvalue weighted by Gasteiger charge is 2.28. The molecule has 4 nitrogen and oxygen atoms in total. The molecule has 3 N–H and O–H groups in total. The van der Waals surface area contributed by atoms with Crippen LogP contribution in [0.4, 0.5) is 0 Å². The van der Waals surface area contributed by atoms with Gasteiger partial charge in [0, 0.05) is 12.6 Å². The SMILES string of the molecule is CCC(Cc1ccccc1)NC(=O)C1CC(O)CN1. The molecule has 0 saturated carbocycles. The highest BCUT2D eigenvalue weighted by molar-refractivity contribution is 5.82. The minimum Gasteiger partial charge on any atom is -0.392 e. The molecule has 1 saturated heterocycles. The highest BCUT2D eigenvalue weighted by Crippen LogP contribution is 2.09. The lowest BCUT2D eigenvalue weighted by atomic mass is 10.0. The molecular weight excluding hydrogens is 240 g/mol. The van der Waals surface area contributed by atoms with Gasteiger partial charge in [-0.15, -0.1) is 0 Å². The lowest BCUT2D eigenvalue weighted by Gasteiger charge is -2.19. The number of amides is 1. The van der Waals surface area contributed by atoms with E-state index in [9.17, 15) is 9.90 Å². The van der Waals surface area contributed by atoms with Crippen molar-refractivity contribution in [1.82, 2.24) is 10.6 Å². The number of hydrogen-bond acceptors (Lipinski definition) is 3. The van der Waals surface area contributed by atoms with Gasteiger partial charge in [0.15, 0.2) is 0 Å². The van der Waals surface area contributed by atoms with Gasteiger partial charge in [-0.1, -0.05) is 37.3 Å². The molecule has 0 aliphatic carbocycles. The third-order valence-corrected chi connectivity index (χ3v) is 3.59. The molecule has 0 spiro atoms. The molecular formula is C15H22N2O2. The van der Waals surface area contributed by atoms with Crippen LogP contribution in [0, 0.1) is 0 Å². The number of aliphatic hydroxyl groups excluding tert-OH is 1. The number of carbonyl (C=O) groups is 1. The Morgan fingerprint density at radius 1 is 1.47 bits per heavy atom. The van der Waals surface area contributed by atoms with E-state index in [2.05, 4.69) is 29.7 Å². The van der Waals surface area contributed by atoms with Crippen molar-refractivity contribution in [2.24, 2.45) is 0 Å². The second-order valence-corrected chi connectivity index (χ2v) is 5.15. The van der Waals surface area contributed by atoms with Crippen molar-refractivity contribution in [3.63, 3.8) is 0 Å². The van der Waals surface area contributed by atoms with Gasteiger partial charge < -0.3 is 15.7 Å². The van der Waals surface area contributed by atoms with Crippen LogP contribution in [0.25, 0.3) is 0 Å². The maximum atomic E-state index is 12.1. The summed E-state index contributed by atoms with van der Waals surface area (Å²) in [6, 6.07) is 10.1. The van der Waals surface area contributed by atoms with Crippen molar-refractivity contribution in [2.75, 3.05) is 6.54 Å². The lowest BCUT2D eigenvalue weighted by molar-refractivity contribution is -0.123. The zero-order chi connectivity index (χ0) is 13.7. The molecule has 0 bridgehead atoms. The maximum absolute atomic E-state index is 12.1. The van der Waals surface area contributed by atoms with E-state index < -0.39 is 6.10 Å². The number of nitrogens with one attached hydrogen (secondary N) is 2. The van der Waals surface area contributed by atoms with Crippen LogP contribution in [0.1, 0.15) is 25.3 Å². The molecule has 1 aliphatic rings. The first-order valence-corrected chi connectivity index (χ1v) is 6.94. The largest absolute Gasteiger partial charge is 0.392 e. The quantitative estimate of drug-likeness (QED) is 0.737. The van der Waals surface area contributed by atoms with Crippen LogP contribution in [-0.2, 0) is 11.2 Å². The molecule has 1 aliphatic heterocycles. The first-order chi connectivity index (χ1) is 9.19. The topological polar surface area (TPSA) is 61.4 Å². The Balaban J connectivity index is 1.87. The summed E-state index contributed by atoms with van der Waals surface area (Å²) in [4.78, 5) is 12.1. The van der Waals surface area contributed by atoms with Crippen LogP contribution in [-0.4, -0.2) is 35.7 Å². The van der Waals surface area contributed by atoms with E-state index in [1.165, 1.54) is 5.56 Å². The Hall–Kier alpha value is -1.39. The number of carbonyl (C=O) groups excluding carboxylic acids is 1. The molecule has 3 atom stereocenters. The average Bonchev–Trinajstić information content (AvgIpc) is 2.86. The summed E-state index contributed by atoms with van der Waals surface area (Å²) in [5.41, 5.74) is 1.23. The Bertz CT molecular complexity index is 408. The van der Waals surface area contributed by atoms with Crippen LogP contribution in [0.3, 0.4) is 0 Å². The number of β-amino-alcohol motifs (C(OH)–C–C–N with tert-alkyl or cyclic N) is 1. The minimum absolute atomic E-state index is 0.000619. The fraction of sp³-hybridized carbons (Fsp3) is 0.533. The number of rotatable bonds is 5. The van der Waals surface area contributed by atoms with Gasteiger partial charge in [-0.2, -0.15) is 0 Å². The molecule has 3 unspecified atom stereocenters. The predicted octanol–water partition coefficient (Wildman–Crippen LogP) is 0.847. The summed E-state index contributed by atoms with van der Waals surface area (Å²) in [6.07, 6.45) is 1.85. The zero-order valence-corrected chi connectivity index (χ0v) is 11.3. The summed E-state index contributed by atoms with van der Waals surface area (Å²) in [6.45, 7) is 2.58. The van der Waals surface area contributed by atoms with Gasteiger partial charge in [0.05, 0.1) is 12.1 Å². The van der Waals surface area contributed by atoms with Crippen LogP contribution in [0.15, 0.2) is 30.3 Å². The van der Waals surface area contributed by atoms with E-state index >= 15 is 0 Å². The molecule has 1 aromatic carbocycles. The summed E-state index contributed by atoms with van der Waals surface area (Å²) >= 11 is 0. The summed E-state index contributed by atoms with van der Waals surface area (Å²) in [7, 11) is 0. The van der Waals surface area contributed by atoms with Crippen LogP contribution < -0.4 is 10.6 Å². The van der Waals surface area contributed by atoms with Gasteiger partial charge in [-0.3, -0.25) is 4.79 Å². The molecule has 19 heavy (non-hydrogen) atoms. The zero-order valence-electron chi connectivity index (χ0n) is 11.3. The van der Waals surface area contributed by atoms with E-state index in [1.807, 2.05) is 18.2 Å². The van der Waals surface area contributed by atoms with Gasteiger partial charge in [-0.25, -0.2) is 0 Å². The normalized spacial score (nSPS) is 24.1. The predicted molar refractivity (Wildman–Crippen MR) is 74.8 cm³/mol. The molecule has 0 aromatic heterocycles. The van der Waals surface area contributed by atoms with Crippen molar-refractivity contribution < 1.29 is 9.90 Å². The first kappa shape index (κ1) is 14.0. The Morgan fingerprint density at radius 2 is 2.21 bits per heavy atom. The Morgan fingerprint density at radius 3 is 2.79 bits per heavy atom. The fourth-order valence-electron chi connectivity index (χ4n) is 2.41. The summed E-state index contributed by atoms with van der Waals surface area (Å²) < 4.78 is 0. The first-order valence-electron chi connectivity index (χ1n) is 6.94. The number of hydrogen-bond donors (Lipinski definition) is 3. The van der Waals surface area contributed by atoms with E-state index in [0.717, 1.165) is 12.8 Å². The fourth-order valence-corrected chi connectivity index (χ4v) is 2.41. The smallest absolute Gasteiger partial charge is 0.237 e. The van der Waals surface area contributed by atoms with Crippen molar-refractivity contribution >= 4 is 5.91 Å². The summed E-state index contributed by atoms with van der Waals surface area (Å²) in [5.74, 6) is -0.000619. The van der Waals surface area contributed by atoms with E-state index in [-0.39, 0.29) is 18.0 Å². The second kappa shape index (κ2) is 6.68. The number of benzene rings is 1. The Kier molecular flexibility index (Phi) is 4.93. The Labute approximate surface area is 114 Å². The standard InChI is InChI=1S/C15H22N2O2/c1-2-12(8-11-6-4-3-5-7-11)17-15(19)14-9-13(18)10-16-14/h3-7,12-14,16,18H,2,8-10H2,1H3,(H,17,19). The van der Waals surface area contributed by atoms with Crippen LogP contribution in [0.5, 0.6) is 0 Å². The molecule has 4 heteroatoms.